The van der Waals surface area contributed by atoms with Gasteiger partial charge in [0, 0.05) is 32.2 Å². The fourth-order valence-electron chi connectivity index (χ4n) is 3.66. The largest absolute Gasteiger partial charge is 0.496 e. The van der Waals surface area contributed by atoms with Crippen molar-refractivity contribution in [1.29, 1.82) is 0 Å². The molecule has 32 heavy (non-hydrogen) atoms. The number of benzene rings is 2. The number of carbonyl (C=O) groups excluding carboxylic acids is 2. The summed E-state index contributed by atoms with van der Waals surface area (Å²) in [5.74, 6) is -0.726. The van der Waals surface area contributed by atoms with E-state index in [9.17, 15) is 22.8 Å². The molecule has 1 saturated heterocycles. The molecule has 11 heteroatoms. The number of methoxy groups -OCH3 is 1. The second kappa shape index (κ2) is 8.60. The van der Waals surface area contributed by atoms with Gasteiger partial charge in [0.1, 0.15) is 5.75 Å². The van der Waals surface area contributed by atoms with Crippen LogP contribution in [-0.2, 0) is 21.4 Å². The van der Waals surface area contributed by atoms with Gasteiger partial charge < -0.3 is 14.1 Å². The second-order valence-corrected chi connectivity index (χ2v) is 9.19. The van der Waals surface area contributed by atoms with Gasteiger partial charge >= 0.3 is 5.76 Å². The van der Waals surface area contributed by atoms with E-state index < -0.39 is 15.8 Å². The molecule has 2 aromatic carbocycles. The van der Waals surface area contributed by atoms with E-state index in [1.807, 2.05) is 0 Å². The smallest absolute Gasteiger partial charge is 0.420 e. The van der Waals surface area contributed by atoms with Gasteiger partial charge in [0.25, 0.3) is 0 Å². The van der Waals surface area contributed by atoms with Crippen molar-refractivity contribution in [3.63, 3.8) is 0 Å². The Bertz CT molecular complexity index is 1330. The molecule has 1 aliphatic rings. The molecule has 0 atom stereocenters. The molecule has 1 amide bonds. The van der Waals surface area contributed by atoms with Crippen molar-refractivity contribution in [1.82, 2.24) is 13.8 Å². The number of carbonyl (C=O) groups is 2. The van der Waals surface area contributed by atoms with Crippen LogP contribution in [0.15, 0.2) is 56.6 Å². The van der Waals surface area contributed by atoms with Crippen LogP contribution in [0.2, 0.25) is 0 Å². The fraction of sp³-hybridized carbons (Fsp3) is 0.286. The number of hydrogen-bond acceptors (Lipinski definition) is 7. The lowest BCUT2D eigenvalue weighted by Crippen LogP contribution is -2.47. The van der Waals surface area contributed by atoms with E-state index in [4.69, 9.17) is 9.15 Å². The molecule has 0 unspecified atom stereocenters. The molecule has 1 aromatic heterocycles. The van der Waals surface area contributed by atoms with Gasteiger partial charge in [0.05, 0.1) is 29.6 Å². The average Bonchev–Trinajstić information content (AvgIpc) is 3.13. The molecule has 3 aromatic rings. The Labute approximate surface area is 183 Å². The summed E-state index contributed by atoms with van der Waals surface area (Å²) in [4.78, 5) is 37.5. The summed E-state index contributed by atoms with van der Waals surface area (Å²) in [6.45, 7) is 0.684. The third-order valence-corrected chi connectivity index (χ3v) is 7.30. The molecular weight excluding hydrogens is 438 g/mol. The highest BCUT2D eigenvalue weighted by Crippen LogP contribution is 2.24. The molecule has 0 spiro atoms. The molecule has 0 saturated carbocycles. The van der Waals surface area contributed by atoms with Gasteiger partial charge in [-0.15, -0.1) is 0 Å². The summed E-state index contributed by atoms with van der Waals surface area (Å²) >= 11 is 0. The van der Waals surface area contributed by atoms with Gasteiger partial charge in [-0.25, -0.2) is 13.2 Å². The van der Waals surface area contributed by atoms with Gasteiger partial charge in [-0.3, -0.25) is 14.2 Å². The Morgan fingerprint density at radius 1 is 1.12 bits per heavy atom. The topological polar surface area (TPSA) is 119 Å². The molecule has 0 bridgehead atoms. The minimum absolute atomic E-state index is 0.0264. The molecule has 1 aliphatic heterocycles. The predicted molar refractivity (Wildman–Crippen MR) is 114 cm³/mol. The van der Waals surface area contributed by atoms with E-state index in [0.29, 0.717) is 36.3 Å². The maximum Gasteiger partial charge on any atom is 0.420 e. The van der Waals surface area contributed by atoms with Crippen LogP contribution in [0, 0.1) is 0 Å². The Morgan fingerprint density at radius 3 is 2.53 bits per heavy atom. The number of oxazole rings is 1. The van der Waals surface area contributed by atoms with Crippen LogP contribution in [0.3, 0.4) is 0 Å². The standard InChI is InChI=1S/C21H21N3O7S/c1-30-19-5-3-2-4-16(19)18(26)13-24-17-7-6-15(12-20(17)31-21(24)27)32(28,29)23-10-8-22(14-25)9-11-23/h2-7,12,14H,8-11,13H2,1H3. The van der Waals surface area contributed by atoms with Crippen molar-refractivity contribution in [2.75, 3.05) is 33.3 Å². The highest BCUT2D eigenvalue weighted by molar-refractivity contribution is 7.89. The number of fused-ring (bicyclic) bond motifs is 1. The quantitative estimate of drug-likeness (QED) is 0.381. The van der Waals surface area contributed by atoms with Crippen LogP contribution in [0.1, 0.15) is 10.4 Å². The number of ether oxygens (including phenoxy) is 1. The number of hydrogen-bond donors (Lipinski definition) is 0. The number of para-hydroxylation sites is 1. The third kappa shape index (κ3) is 3.92. The van der Waals surface area contributed by atoms with Gasteiger partial charge in [0.15, 0.2) is 11.4 Å². The molecule has 0 radical (unpaired) electrons. The zero-order chi connectivity index (χ0) is 22.9. The number of sulfonamides is 1. The van der Waals surface area contributed by atoms with Crippen LogP contribution in [0.25, 0.3) is 11.1 Å². The summed E-state index contributed by atoms with van der Waals surface area (Å²) in [5, 5.41) is 0. The number of piperazine rings is 1. The first-order chi connectivity index (χ1) is 15.3. The Kier molecular flexibility index (Phi) is 5.85. The summed E-state index contributed by atoms with van der Waals surface area (Å²) in [6.07, 6.45) is 0.694. The average molecular weight is 459 g/mol. The molecule has 10 nitrogen and oxygen atoms in total. The highest BCUT2D eigenvalue weighted by Gasteiger charge is 2.29. The first-order valence-corrected chi connectivity index (χ1v) is 11.3. The first kappa shape index (κ1) is 21.8. The Hall–Kier alpha value is -3.44. The zero-order valence-corrected chi connectivity index (χ0v) is 18.1. The van der Waals surface area contributed by atoms with Crippen LogP contribution in [0.4, 0.5) is 0 Å². The van der Waals surface area contributed by atoms with E-state index >= 15 is 0 Å². The number of Topliss-reactive ketones (excluding diaryl/α,β-unsaturated/α-hetero) is 1. The molecule has 2 heterocycles. The molecule has 168 valence electrons. The Morgan fingerprint density at radius 2 is 1.84 bits per heavy atom. The molecule has 0 aliphatic carbocycles. The van der Waals surface area contributed by atoms with E-state index in [1.165, 1.54) is 34.5 Å². The molecule has 0 N–H and O–H groups in total. The lowest BCUT2D eigenvalue weighted by atomic mass is 10.1. The number of rotatable bonds is 7. The number of ketones is 1. The van der Waals surface area contributed by atoms with Crippen molar-refractivity contribution in [3.8, 4) is 5.75 Å². The molecule has 1 fully saturated rings. The third-order valence-electron chi connectivity index (χ3n) is 5.41. The Balaban J connectivity index is 1.63. The summed E-state index contributed by atoms with van der Waals surface area (Å²) in [7, 11) is -2.38. The number of aromatic nitrogens is 1. The maximum atomic E-state index is 13.0. The van der Waals surface area contributed by atoms with Gasteiger partial charge in [-0.1, -0.05) is 12.1 Å². The van der Waals surface area contributed by atoms with E-state index in [-0.39, 0.29) is 35.9 Å². The normalized spacial score (nSPS) is 15.1. The van der Waals surface area contributed by atoms with Crippen molar-refractivity contribution in [2.45, 2.75) is 11.4 Å². The van der Waals surface area contributed by atoms with Crippen molar-refractivity contribution in [2.24, 2.45) is 0 Å². The first-order valence-electron chi connectivity index (χ1n) is 9.84. The van der Waals surface area contributed by atoms with Crippen molar-refractivity contribution >= 4 is 33.3 Å². The molecule has 4 rings (SSSR count). The SMILES string of the molecule is COc1ccccc1C(=O)Cn1c(=O)oc2cc(S(=O)(=O)N3CCN(C=O)CC3)ccc21. The zero-order valence-electron chi connectivity index (χ0n) is 17.3. The van der Waals surface area contributed by atoms with Gasteiger partial charge in [-0.05, 0) is 24.3 Å². The lowest BCUT2D eigenvalue weighted by Gasteiger charge is -2.31. The number of amides is 1. The van der Waals surface area contributed by atoms with E-state index in [1.54, 1.807) is 24.3 Å². The van der Waals surface area contributed by atoms with Crippen molar-refractivity contribution in [3.05, 3.63) is 58.6 Å². The predicted octanol–water partition coefficient (Wildman–Crippen LogP) is 0.949. The van der Waals surface area contributed by atoms with Crippen LogP contribution >= 0.6 is 0 Å². The highest BCUT2D eigenvalue weighted by atomic mass is 32.2. The number of nitrogens with zero attached hydrogens (tertiary/aromatic N) is 3. The van der Waals surface area contributed by atoms with Crippen molar-refractivity contribution < 1.29 is 27.2 Å². The van der Waals surface area contributed by atoms with Crippen LogP contribution in [0.5, 0.6) is 5.75 Å². The van der Waals surface area contributed by atoms with Gasteiger partial charge in [0.2, 0.25) is 16.4 Å². The summed E-state index contributed by atoms with van der Waals surface area (Å²) in [5.41, 5.74) is 0.698. The van der Waals surface area contributed by atoms with E-state index in [0.717, 1.165) is 4.57 Å². The lowest BCUT2D eigenvalue weighted by molar-refractivity contribution is -0.119. The minimum atomic E-state index is -3.83. The van der Waals surface area contributed by atoms with Crippen LogP contribution < -0.4 is 10.5 Å². The molecular formula is C21H21N3O7S. The van der Waals surface area contributed by atoms with Crippen LogP contribution in [-0.4, -0.2) is 67.7 Å². The minimum Gasteiger partial charge on any atom is -0.496 e. The maximum absolute atomic E-state index is 13.0. The fourth-order valence-corrected chi connectivity index (χ4v) is 5.10. The second-order valence-electron chi connectivity index (χ2n) is 7.25. The summed E-state index contributed by atoms with van der Waals surface area (Å²) < 4.78 is 38.8. The van der Waals surface area contributed by atoms with Gasteiger partial charge in [-0.2, -0.15) is 4.31 Å². The summed E-state index contributed by atoms with van der Waals surface area (Å²) in [6, 6.07) is 10.8. The monoisotopic (exact) mass is 459 g/mol. The van der Waals surface area contributed by atoms with E-state index in [2.05, 4.69) is 0 Å².